The fourth-order valence-electron chi connectivity index (χ4n) is 6.41. The Morgan fingerprint density at radius 1 is 0.963 bits per heavy atom. The second-order valence-electron chi connectivity index (χ2n) is 8.88. The van der Waals surface area contributed by atoms with Gasteiger partial charge in [-0.25, -0.2) is 4.99 Å². The third-order valence-corrected chi connectivity index (χ3v) is 7.56. The zero-order chi connectivity index (χ0) is 19.2. The van der Waals surface area contributed by atoms with Crippen molar-refractivity contribution in [3.8, 4) is 12.1 Å². The van der Waals surface area contributed by atoms with Crippen LogP contribution in [-0.2, 0) is 9.47 Å². The largest absolute Gasteiger partial charge is 0.343 e. The summed E-state index contributed by atoms with van der Waals surface area (Å²) in [6.07, 6.45) is 12.2. The molecule has 2 aliphatic heterocycles. The quantitative estimate of drug-likeness (QED) is 0.676. The first-order chi connectivity index (χ1) is 13.1. The van der Waals surface area contributed by atoms with Gasteiger partial charge >= 0.3 is 5.91 Å². The number of hydrogen-bond donors (Lipinski definition) is 2. The van der Waals surface area contributed by atoms with Crippen LogP contribution in [0.1, 0.15) is 77.6 Å². The van der Waals surface area contributed by atoms with Crippen LogP contribution in [0.5, 0.6) is 0 Å². The SMILES string of the molecule is C[C@@H]1CO[C@]2([NH+]=C(N)[C@@]3(C#N)C4(CCCCCCCCCCC4)[C@@]23C#N)O1. The van der Waals surface area contributed by atoms with E-state index in [1.165, 1.54) is 32.1 Å². The molecule has 4 rings (SSSR count). The van der Waals surface area contributed by atoms with Crippen LogP contribution in [0.4, 0.5) is 0 Å². The lowest BCUT2D eigenvalue weighted by atomic mass is 9.80. The fourth-order valence-corrected chi connectivity index (χ4v) is 6.41. The minimum atomic E-state index is -1.28. The molecule has 2 saturated carbocycles. The number of rotatable bonds is 0. The standard InChI is InChI=1S/C21H30N4O2/c1-16-13-26-21(27-16)20(15-23)18(19(20,14-22)17(24)25-21)11-9-7-5-3-2-4-6-8-10-12-18/h16H,2-13H2,1H3,(H2,24,25)/p+1/t16-,19+,20-,21+/m1/s1. The number of nitrogens with one attached hydrogen (secondary N) is 1. The van der Waals surface area contributed by atoms with Gasteiger partial charge in [-0.1, -0.05) is 57.8 Å². The van der Waals surface area contributed by atoms with Gasteiger partial charge in [0.25, 0.3) is 5.84 Å². The molecule has 3 fully saturated rings. The van der Waals surface area contributed by atoms with Crippen molar-refractivity contribution >= 4 is 5.84 Å². The minimum absolute atomic E-state index is 0.131. The normalized spacial score (nSPS) is 43.8. The summed E-state index contributed by atoms with van der Waals surface area (Å²) in [5.41, 5.74) is 3.84. The molecule has 0 aromatic carbocycles. The maximum atomic E-state index is 10.4. The van der Waals surface area contributed by atoms with Crippen LogP contribution in [0.2, 0.25) is 0 Å². The molecule has 3 N–H and O–H groups in total. The number of nitrogens with two attached hydrogens (primary N) is 1. The second-order valence-corrected chi connectivity index (χ2v) is 8.88. The van der Waals surface area contributed by atoms with Crippen molar-refractivity contribution in [3.63, 3.8) is 0 Å². The number of nitriles is 2. The van der Waals surface area contributed by atoms with Gasteiger partial charge in [0.05, 0.1) is 24.8 Å². The van der Waals surface area contributed by atoms with Crippen molar-refractivity contribution in [2.45, 2.75) is 89.6 Å². The molecule has 0 radical (unpaired) electrons. The first-order valence-corrected chi connectivity index (χ1v) is 10.6. The Bertz CT molecular complexity index is 711. The molecule has 6 heteroatoms. The minimum Gasteiger partial charge on any atom is -0.311 e. The summed E-state index contributed by atoms with van der Waals surface area (Å²) in [7, 11) is 0. The number of hydrogen-bond acceptors (Lipinski definition) is 5. The van der Waals surface area contributed by atoms with E-state index in [1.54, 1.807) is 0 Å². The summed E-state index contributed by atoms with van der Waals surface area (Å²) >= 11 is 0. The summed E-state index contributed by atoms with van der Waals surface area (Å²) in [6, 6.07) is 5.01. The Balaban J connectivity index is 1.75. The molecular weight excluding hydrogens is 340 g/mol. The summed E-state index contributed by atoms with van der Waals surface area (Å²) in [6.45, 7) is 2.33. The molecule has 146 valence electrons. The Kier molecular flexibility index (Phi) is 4.48. The van der Waals surface area contributed by atoms with Crippen LogP contribution in [0.15, 0.2) is 0 Å². The van der Waals surface area contributed by atoms with Crippen molar-refractivity contribution in [1.82, 2.24) is 0 Å². The van der Waals surface area contributed by atoms with Gasteiger partial charge in [-0.3, -0.25) is 5.73 Å². The molecule has 0 amide bonds. The molecule has 0 unspecified atom stereocenters. The molecular formula is C21H31N4O2+. The van der Waals surface area contributed by atoms with Crippen molar-refractivity contribution in [2.75, 3.05) is 6.61 Å². The van der Waals surface area contributed by atoms with Gasteiger partial charge in [-0.15, -0.1) is 0 Å². The van der Waals surface area contributed by atoms with Gasteiger partial charge < -0.3 is 9.47 Å². The predicted molar refractivity (Wildman–Crippen MR) is 98.7 cm³/mol. The molecule has 1 saturated heterocycles. The van der Waals surface area contributed by atoms with Gasteiger partial charge in [-0.2, -0.15) is 10.5 Å². The highest BCUT2D eigenvalue weighted by Crippen LogP contribution is 2.86. The molecule has 27 heavy (non-hydrogen) atoms. The van der Waals surface area contributed by atoms with E-state index >= 15 is 0 Å². The van der Waals surface area contributed by atoms with E-state index in [0.29, 0.717) is 12.4 Å². The fraction of sp³-hybridized carbons (Fsp3) is 0.857. The lowest BCUT2D eigenvalue weighted by molar-refractivity contribution is -0.680. The average Bonchev–Trinajstić information content (AvgIpc) is 2.81. The summed E-state index contributed by atoms with van der Waals surface area (Å²) < 4.78 is 12.2. The summed E-state index contributed by atoms with van der Waals surface area (Å²) in [4.78, 5) is 3.11. The lowest BCUT2D eigenvalue weighted by Crippen LogP contribution is -2.90. The monoisotopic (exact) mass is 371 g/mol. The number of amidine groups is 1. The van der Waals surface area contributed by atoms with E-state index in [4.69, 9.17) is 15.2 Å². The average molecular weight is 372 g/mol. The van der Waals surface area contributed by atoms with E-state index in [2.05, 4.69) is 17.1 Å². The van der Waals surface area contributed by atoms with E-state index in [0.717, 1.165) is 38.5 Å². The Labute approximate surface area is 161 Å². The van der Waals surface area contributed by atoms with Gasteiger partial charge in [0.2, 0.25) is 0 Å². The van der Waals surface area contributed by atoms with E-state index in [-0.39, 0.29) is 6.10 Å². The molecule has 2 heterocycles. The Morgan fingerprint density at radius 2 is 1.52 bits per heavy atom. The first-order valence-electron chi connectivity index (χ1n) is 10.6. The third-order valence-electron chi connectivity index (χ3n) is 7.56. The molecule has 0 bridgehead atoms. The molecule has 6 nitrogen and oxygen atoms in total. The Hall–Kier alpha value is -1.63. The maximum absolute atomic E-state index is 10.4. The van der Waals surface area contributed by atoms with E-state index in [9.17, 15) is 10.5 Å². The molecule has 4 aliphatic rings. The predicted octanol–water partition coefficient (Wildman–Crippen LogP) is 1.85. The maximum Gasteiger partial charge on any atom is 0.343 e. The van der Waals surface area contributed by atoms with Crippen LogP contribution in [0.25, 0.3) is 0 Å². The topological polar surface area (TPSA) is 106 Å². The summed E-state index contributed by atoms with van der Waals surface area (Å²) in [5, 5.41) is 20.7. The summed E-state index contributed by atoms with van der Waals surface area (Å²) in [5.74, 6) is -0.911. The zero-order valence-electron chi connectivity index (χ0n) is 16.4. The van der Waals surface area contributed by atoms with Crippen molar-refractivity contribution < 1.29 is 14.5 Å². The van der Waals surface area contributed by atoms with Crippen molar-refractivity contribution in [3.05, 3.63) is 0 Å². The van der Waals surface area contributed by atoms with Crippen LogP contribution in [-0.4, -0.2) is 24.5 Å². The van der Waals surface area contributed by atoms with Crippen LogP contribution in [0.3, 0.4) is 0 Å². The molecule has 4 atom stereocenters. The number of ether oxygens (including phenoxy) is 2. The molecule has 0 aromatic rings. The Morgan fingerprint density at radius 3 is 1.96 bits per heavy atom. The first kappa shape index (κ1) is 18.7. The lowest BCUT2D eigenvalue weighted by Gasteiger charge is -2.30. The molecule has 0 aromatic heterocycles. The highest BCUT2D eigenvalue weighted by Gasteiger charge is 3.03. The number of fused-ring (bicyclic) bond motifs is 4. The van der Waals surface area contributed by atoms with E-state index in [1.807, 2.05) is 6.92 Å². The van der Waals surface area contributed by atoms with Crippen LogP contribution >= 0.6 is 0 Å². The molecule has 2 aliphatic carbocycles. The molecule has 2 spiro atoms. The van der Waals surface area contributed by atoms with Crippen LogP contribution < -0.4 is 10.7 Å². The van der Waals surface area contributed by atoms with Crippen molar-refractivity contribution in [2.24, 2.45) is 22.0 Å². The smallest absolute Gasteiger partial charge is 0.311 e. The highest BCUT2D eigenvalue weighted by molar-refractivity contribution is 5.95. The van der Waals surface area contributed by atoms with E-state index < -0.39 is 22.2 Å². The van der Waals surface area contributed by atoms with Gasteiger partial charge in [-0.05, 0) is 19.8 Å². The van der Waals surface area contributed by atoms with Gasteiger partial charge in [0.15, 0.2) is 10.8 Å². The van der Waals surface area contributed by atoms with Gasteiger partial charge in [0, 0.05) is 5.41 Å². The second kappa shape index (κ2) is 6.47. The highest BCUT2D eigenvalue weighted by atomic mass is 16.8. The zero-order valence-corrected chi connectivity index (χ0v) is 16.4. The number of nitrogens with zero attached hydrogens (tertiary/aromatic N) is 2. The third kappa shape index (κ3) is 2.09. The van der Waals surface area contributed by atoms with Gasteiger partial charge in [0.1, 0.15) is 0 Å². The van der Waals surface area contributed by atoms with Crippen LogP contribution in [0, 0.1) is 38.9 Å². The van der Waals surface area contributed by atoms with Crippen molar-refractivity contribution in [1.29, 1.82) is 10.5 Å².